The van der Waals surface area contributed by atoms with Crippen LogP contribution in [0.2, 0.25) is 0 Å². The Hall–Kier alpha value is -0.0500. The van der Waals surface area contributed by atoms with Crippen LogP contribution in [0.3, 0.4) is 0 Å². The van der Waals surface area contributed by atoms with Crippen molar-refractivity contribution in [3.05, 3.63) is 11.6 Å². The molecular weight excluding hydrogens is 220 g/mol. The third-order valence-corrected chi connectivity index (χ3v) is 3.72. The highest BCUT2D eigenvalue weighted by Crippen LogP contribution is 2.30. The summed E-state index contributed by atoms with van der Waals surface area (Å²) in [5.74, 6) is 1.84. The lowest BCUT2D eigenvalue weighted by molar-refractivity contribution is 0.261. The fourth-order valence-electron chi connectivity index (χ4n) is 2.70. The van der Waals surface area contributed by atoms with Crippen molar-refractivity contribution in [3.8, 4) is 0 Å². The van der Waals surface area contributed by atoms with Gasteiger partial charge in [0.05, 0.1) is 0 Å². The minimum Gasteiger partial charge on any atom is -0.306 e. The molecule has 2 fully saturated rings. The normalized spacial score (nSPS) is 26.6. The Bertz CT molecular complexity index is 250. The van der Waals surface area contributed by atoms with Crippen LogP contribution in [0.5, 0.6) is 0 Å². The maximum absolute atomic E-state index is 5.84. The first kappa shape index (κ1) is 12.4. The molecule has 0 N–H and O–H groups in total. The summed E-state index contributed by atoms with van der Waals surface area (Å²) < 4.78 is 0. The van der Waals surface area contributed by atoms with Gasteiger partial charge in [-0.1, -0.05) is 18.2 Å². The van der Waals surface area contributed by atoms with Gasteiger partial charge in [-0.3, -0.25) is 4.90 Å². The summed E-state index contributed by atoms with van der Waals surface area (Å²) in [7, 11) is 2.27. The Kier molecular flexibility index (Phi) is 4.28. The maximum Gasteiger partial charge on any atom is 0.0335 e. The second-order valence-corrected chi connectivity index (χ2v) is 6.11. The summed E-state index contributed by atoms with van der Waals surface area (Å²) in [5.41, 5.74) is 0. The number of hydrogen-bond donors (Lipinski definition) is 0. The van der Waals surface area contributed by atoms with Gasteiger partial charge < -0.3 is 4.90 Å². The molecule has 1 aliphatic carbocycles. The Morgan fingerprint density at radius 3 is 2.62 bits per heavy atom. The predicted octanol–water partition coefficient (Wildman–Crippen LogP) is 2.40. The highest BCUT2D eigenvalue weighted by Gasteiger charge is 2.26. The van der Waals surface area contributed by atoms with Gasteiger partial charge >= 0.3 is 0 Å². The van der Waals surface area contributed by atoms with Crippen molar-refractivity contribution in [1.29, 1.82) is 0 Å². The van der Waals surface area contributed by atoms with E-state index in [2.05, 4.69) is 23.4 Å². The van der Waals surface area contributed by atoms with Gasteiger partial charge in [0.2, 0.25) is 0 Å². The van der Waals surface area contributed by atoms with Crippen molar-refractivity contribution >= 4 is 11.6 Å². The average Bonchev–Trinajstić information content (AvgIpc) is 2.87. The van der Waals surface area contributed by atoms with Crippen molar-refractivity contribution in [3.63, 3.8) is 0 Å². The second-order valence-electron chi connectivity index (χ2n) is 5.57. The lowest BCUT2D eigenvalue weighted by atomic mass is 10.1. The Labute approximate surface area is 104 Å². The highest BCUT2D eigenvalue weighted by molar-refractivity contribution is 6.29. The first-order valence-corrected chi connectivity index (χ1v) is 6.75. The van der Waals surface area contributed by atoms with Crippen LogP contribution >= 0.6 is 11.6 Å². The second kappa shape index (κ2) is 5.52. The van der Waals surface area contributed by atoms with E-state index in [1.807, 2.05) is 0 Å². The van der Waals surface area contributed by atoms with E-state index >= 15 is 0 Å². The third kappa shape index (κ3) is 4.08. The molecule has 0 aromatic rings. The van der Waals surface area contributed by atoms with Crippen LogP contribution in [0.15, 0.2) is 11.6 Å². The molecule has 1 atom stereocenters. The van der Waals surface area contributed by atoms with Gasteiger partial charge in [-0.2, -0.15) is 0 Å². The molecule has 3 heteroatoms. The molecule has 1 heterocycles. The van der Waals surface area contributed by atoms with E-state index in [-0.39, 0.29) is 0 Å². The Morgan fingerprint density at radius 2 is 2.00 bits per heavy atom. The Morgan fingerprint density at radius 1 is 1.31 bits per heavy atom. The van der Waals surface area contributed by atoms with Gasteiger partial charge in [-0.15, -0.1) is 0 Å². The largest absolute Gasteiger partial charge is 0.306 e. The Balaban J connectivity index is 1.65. The van der Waals surface area contributed by atoms with Gasteiger partial charge in [0.1, 0.15) is 0 Å². The molecule has 16 heavy (non-hydrogen) atoms. The van der Waals surface area contributed by atoms with Crippen LogP contribution in [-0.2, 0) is 0 Å². The number of nitrogens with zero attached hydrogens (tertiary/aromatic N) is 2. The van der Waals surface area contributed by atoms with Crippen molar-refractivity contribution in [2.24, 2.45) is 11.8 Å². The molecule has 1 saturated heterocycles. The number of halogens is 1. The molecular formula is C13H23ClN2. The smallest absolute Gasteiger partial charge is 0.0335 e. The summed E-state index contributed by atoms with van der Waals surface area (Å²) in [4.78, 5) is 4.94. The molecule has 0 amide bonds. The first-order chi connectivity index (χ1) is 7.63. The standard InChI is InChI=1S/C13H23ClN2/c1-11(14)7-16-6-5-13(10-16)9-15(2)8-12-3-4-12/h12-13H,1,3-10H2,2H3/t13-/m1/s1. The summed E-state index contributed by atoms with van der Waals surface area (Å²) in [6, 6.07) is 0. The van der Waals surface area contributed by atoms with Crippen molar-refractivity contribution in [1.82, 2.24) is 9.80 Å². The first-order valence-electron chi connectivity index (χ1n) is 6.37. The van der Waals surface area contributed by atoms with Crippen LogP contribution in [0, 0.1) is 11.8 Å². The van der Waals surface area contributed by atoms with Crippen LogP contribution < -0.4 is 0 Å². The minimum absolute atomic E-state index is 0.770. The topological polar surface area (TPSA) is 6.48 Å². The van der Waals surface area contributed by atoms with Gasteiger partial charge in [-0.25, -0.2) is 0 Å². The molecule has 2 nitrogen and oxygen atoms in total. The zero-order chi connectivity index (χ0) is 11.5. The summed E-state index contributed by atoms with van der Waals surface area (Å²) in [6.45, 7) is 9.57. The summed E-state index contributed by atoms with van der Waals surface area (Å²) in [6.07, 6.45) is 4.22. The van der Waals surface area contributed by atoms with E-state index in [0.717, 1.165) is 23.4 Å². The monoisotopic (exact) mass is 242 g/mol. The lowest BCUT2D eigenvalue weighted by Gasteiger charge is -2.21. The quantitative estimate of drug-likeness (QED) is 0.706. The summed E-state index contributed by atoms with van der Waals surface area (Å²) in [5, 5.41) is 0.770. The molecule has 0 bridgehead atoms. The molecule has 1 aliphatic heterocycles. The molecule has 0 aromatic carbocycles. The minimum atomic E-state index is 0.770. The SMILES string of the molecule is C=C(Cl)CN1CC[C@H](CN(C)CC2CC2)C1. The van der Waals surface area contributed by atoms with Gasteiger partial charge in [0.25, 0.3) is 0 Å². The van der Waals surface area contributed by atoms with E-state index in [1.54, 1.807) is 0 Å². The zero-order valence-electron chi connectivity index (χ0n) is 10.3. The van der Waals surface area contributed by atoms with E-state index < -0.39 is 0 Å². The van der Waals surface area contributed by atoms with Crippen molar-refractivity contribution < 1.29 is 0 Å². The molecule has 0 unspecified atom stereocenters. The van der Waals surface area contributed by atoms with Gasteiger partial charge in [0, 0.05) is 31.2 Å². The van der Waals surface area contributed by atoms with Crippen molar-refractivity contribution in [2.75, 3.05) is 39.8 Å². The van der Waals surface area contributed by atoms with Crippen LogP contribution in [-0.4, -0.2) is 49.6 Å². The molecule has 92 valence electrons. The lowest BCUT2D eigenvalue weighted by Crippen LogP contribution is -2.30. The molecule has 1 saturated carbocycles. The number of rotatable bonds is 6. The molecule has 0 radical (unpaired) electrons. The summed E-state index contributed by atoms with van der Waals surface area (Å²) >= 11 is 5.84. The average molecular weight is 243 g/mol. The van der Waals surface area contributed by atoms with Gasteiger partial charge in [0.15, 0.2) is 0 Å². The van der Waals surface area contributed by atoms with Crippen LogP contribution in [0.25, 0.3) is 0 Å². The predicted molar refractivity (Wildman–Crippen MR) is 69.8 cm³/mol. The fraction of sp³-hybridized carbons (Fsp3) is 0.846. The van der Waals surface area contributed by atoms with Crippen molar-refractivity contribution in [2.45, 2.75) is 19.3 Å². The third-order valence-electron chi connectivity index (χ3n) is 3.60. The molecule has 2 aliphatic rings. The van der Waals surface area contributed by atoms with E-state index in [1.165, 1.54) is 45.4 Å². The number of likely N-dealkylation sites (tertiary alicyclic amines) is 1. The van der Waals surface area contributed by atoms with Crippen LogP contribution in [0.1, 0.15) is 19.3 Å². The number of hydrogen-bond acceptors (Lipinski definition) is 2. The molecule has 2 rings (SSSR count). The van der Waals surface area contributed by atoms with Gasteiger partial charge in [-0.05, 0) is 44.7 Å². The fourth-order valence-corrected chi connectivity index (χ4v) is 2.87. The maximum atomic E-state index is 5.84. The zero-order valence-corrected chi connectivity index (χ0v) is 11.0. The molecule has 0 aromatic heterocycles. The highest BCUT2D eigenvalue weighted by atomic mass is 35.5. The van der Waals surface area contributed by atoms with E-state index in [9.17, 15) is 0 Å². The van der Waals surface area contributed by atoms with E-state index in [4.69, 9.17) is 11.6 Å². The van der Waals surface area contributed by atoms with Crippen LogP contribution in [0.4, 0.5) is 0 Å². The molecule has 0 spiro atoms. The van der Waals surface area contributed by atoms with E-state index in [0.29, 0.717) is 0 Å².